The van der Waals surface area contributed by atoms with E-state index in [1.165, 1.54) is 11.8 Å². The van der Waals surface area contributed by atoms with Gasteiger partial charge in [-0.05, 0) is 30.5 Å². The molecule has 102 valence electrons. The van der Waals surface area contributed by atoms with Crippen molar-refractivity contribution in [3.05, 3.63) is 30.1 Å². The molecule has 0 aromatic carbocycles. The average molecular weight is 279 g/mol. The molecule has 6 heteroatoms. The fourth-order valence-electron chi connectivity index (χ4n) is 2.55. The monoisotopic (exact) mass is 279 g/mol. The number of pyridine rings is 1. The van der Waals surface area contributed by atoms with Gasteiger partial charge in [0.15, 0.2) is 4.87 Å². The zero-order valence-electron chi connectivity index (χ0n) is 10.5. The maximum atomic E-state index is 12.3. The van der Waals surface area contributed by atoms with Gasteiger partial charge in [0.25, 0.3) is 5.91 Å². The lowest BCUT2D eigenvalue weighted by Gasteiger charge is -2.20. The van der Waals surface area contributed by atoms with Crippen molar-refractivity contribution in [3.63, 3.8) is 0 Å². The van der Waals surface area contributed by atoms with Crippen LogP contribution in [-0.4, -0.2) is 44.1 Å². The Labute approximate surface area is 116 Å². The van der Waals surface area contributed by atoms with Crippen LogP contribution in [0.2, 0.25) is 0 Å². The number of likely N-dealkylation sites (tertiary alicyclic amines) is 1. The number of hydrogen-bond donors (Lipinski definition) is 2. The fraction of sp³-hybridized carbons (Fsp3) is 0.538. The minimum absolute atomic E-state index is 0.0342. The molecule has 0 saturated carbocycles. The molecule has 3 rings (SSSR count). The normalized spacial score (nSPS) is 31.3. The summed E-state index contributed by atoms with van der Waals surface area (Å²) in [6, 6.07) is 3.51. The first-order valence-electron chi connectivity index (χ1n) is 6.47. The average Bonchev–Trinajstić information content (AvgIpc) is 2.90. The molecular formula is C13H17N3O2S. The molecule has 3 atom stereocenters. The lowest BCUT2D eigenvalue weighted by Crippen LogP contribution is -2.47. The third-order valence-corrected chi connectivity index (χ3v) is 5.20. The van der Waals surface area contributed by atoms with Gasteiger partial charge in [-0.1, -0.05) is 0 Å². The molecule has 0 bridgehead atoms. The lowest BCUT2D eigenvalue weighted by atomic mass is 10.0. The van der Waals surface area contributed by atoms with E-state index in [1.807, 2.05) is 4.90 Å². The molecule has 1 unspecified atom stereocenters. The number of aliphatic hydroxyl groups is 1. The Hall–Kier alpha value is -1.11. The predicted octanol–water partition coefficient (Wildman–Crippen LogP) is 0.508. The maximum Gasteiger partial charge on any atom is 0.254 e. The van der Waals surface area contributed by atoms with Gasteiger partial charge < -0.3 is 15.7 Å². The van der Waals surface area contributed by atoms with Crippen LogP contribution in [0.1, 0.15) is 24.5 Å². The van der Waals surface area contributed by atoms with E-state index in [4.69, 9.17) is 5.73 Å². The Morgan fingerprint density at radius 1 is 1.47 bits per heavy atom. The third kappa shape index (κ3) is 2.24. The first-order chi connectivity index (χ1) is 9.13. The summed E-state index contributed by atoms with van der Waals surface area (Å²) in [4.78, 5) is 17.1. The molecule has 0 radical (unpaired) electrons. The third-order valence-electron chi connectivity index (χ3n) is 3.75. The molecule has 1 aromatic heterocycles. The zero-order valence-corrected chi connectivity index (χ0v) is 11.3. The predicted molar refractivity (Wildman–Crippen MR) is 73.3 cm³/mol. The number of nitrogens with two attached hydrogens (primary N) is 1. The molecule has 5 nitrogen and oxygen atoms in total. The molecule has 1 amide bonds. The van der Waals surface area contributed by atoms with Crippen LogP contribution in [0.15, 0.2) is 24.5 Å². The van der Waals surface area contributed by atoms with Crippen molar-refractivity contribution in [2.24, 2.45) is 5.73 Å². The number of carbonyl (C=O) groups excluding carboxylic acids is 1. The molecule has 3 heterocycles. The van der Waals surface area contributed by atoms with Crippen molar-refractivity contribution in [1.29, 1.82) is 0 Å². The summed E-state index contributed by atoms with van der Waals surface area (Å²) in [5, 5.41) is 10.0. The van der Waals surface area contributed by atoms with Crippen molar-refractivity contribution in [2.75, 3.05) is 13.1 Å². The second-order valence-corrected chi connectivity index (χ2v) is 6.48. The van der Waals surface area contributed by atoms with Gasteiger partial charge in [0.1, 0.15) is 0 Å². The first-order valence-corrected chi connectivity index (χ1v) is 7.35. The van der Waals surface area contributed by atoms with Gasteiger partial charge in [0, 0.05) is 25.5 Å². The summed E-state index contributed by atoms with van der Waals surface area (Å²) in [6.07, 6.45) is 4.64. The fourth-order valence-corrected chi connectivity index (χ4v) is 3.65. The summed E-state index contributed by atoms with van der Waals surface area (Å²) in [6.45, 7) is 1.58. The Morgan fingerprint density at radius 2 is 2.11 bits per heavy atom. The SMILES string of the molecule is N[C@]1(C(=O)N2CCCC2)SC1[C@H](O)c1ccncc1. The Morgan fingerprint density at radius 3 is 2.74 bits per heavy atom. The van der Waals surface area contributed by atoms with E-state index in [-0.39, 0.29) is 11.2 Å². The number of nitrogens with zero attached hydrogens (tertiary/aromatic N) is 2. The molecule has 1 aromatic rings. The van der Waals surface area contributed by atoms with Crippen LogP contribution in [0, 0.1) is 0 Å². The molecular weight excluding hydrogens is 262 g/mol. The van der Waals surface area contributed by atoms with E-state index in [1.54, 1.807) is 24.5 Å². The standard InChI is InChI=1S/C13H17N3O2S/c14-13(12(18)16-7-1-2-8-16)11(19-13)10(17)9-3-5-15-6-4-9/h3-6,10-11,17H,1-2,7-8,14H2/t10-,11?,13+/m1/s1. The molecule has 19 heavy (non-hydrogen) atoms. The van der Waals surface area contributed by atoms with Crippen molar-refractivity contribution < 1.29 is 9.90 Å². The van der Waals surface area contributed by atoms with Crippen molar-refractivity contribution >= 4 is 17.7 Å². The van der Waals surface area contributed by atoms with Gasteiger partial charge >= 0.3 is 0 Å². The molecule has 2 saturated heterocycles. The van der Waals surface area contributed by atoms with Crippen LogP contribution in [0.4, 0.5) is 0 Å². The first kappa shape index (κ1) is 12.9. The number of aromatic nitrogens is 1. The van der Waals surface area contributed by atoms with Crippen LogP contribution in [0.5, 0.6) is 0 Å². The summed E-state index contributed by atoms with van der Waals surface area (Å²) < 4.78 is 0. The molecule has 0 spiro atoms. The smallest absolute Gasteiger partial charge is 0.254 e. The highest BCUT2D eigenvalue weighted by Crippen LogP contribution is 2.56. The van der Waals surface area contributed by atoms with E-state index in [0.29, 0.717) is 0 Å². The van der Waals surface area contributed by atoms with Gasteiger partial charge in [0.2, 0.25) is 0 Å². The van der Waals surface area contributed by atoms with E-state index in [0.717, 1.165) is 31.5 Å². The van der Waals surface area contributed by atoms with Gasteiger partial charge in [-0.25, -0.2) is 0 Å². The highest BCUT2D eigenvalue weighted by atomic mass is 32.2. The molecule has 3 N–H and O–H groups in total. The van der Waals surface area contributed by atoms with Crippen LogP contribution in [0.3, 0.4) is 0 Å². The van der Waals surface area contributed by atoms with Crippen LogP contribution in [-0.2, 0) is 4.79 Å². The van der Waals surface area contributed by atoms with Crippen LogP contribution in [0.25, 0.3) is 0 Å². The summed E-state index contributed by atoms with van der Waals surface area (Å²) >= 11 is 1.35. The quantitative estimate of drug-likeness (QED) is 0.788. The highest BCUT2D eigenvalue weighted by molar-refractivity contribution is 8.09. The minimum atomic E-state index is -0.951. The van der Waals surface area contributed by atoms with Crippen molar-refractivity contribution in [2.45, 2.75) is 29.1 Å². The summed E-state index contributed by atoms with van der Waals surface area (Å²) in [5.74, 6) is -0.0342. The lowest BCUT2D eigenvalue weighted by molar-refractivity contribution is -0.132. The molecule has 2 aliphatic rings. The van der Waals surface area contributed by atoms with E-state index in [9.17, 15) is 9.90 Å². The van der Waals surface area contributed by atoms with Gasteiger partial charge in [-0.3, -0.25) is 9.78 Å². The number of amides is 1. The van der Waals surface area contributed by atoms with E-state index in [2.05, 4.69) is 4.98 Å². The number of aliphatic hydroxyl groups excluding tert-OH is 1. The maximum absolute atomic E-state index is 12.3. The van der Waals surface area contributed by atoms with Crippen LogP contribution >= 0.6 is 11.8 Å². The second kappa shape index (κ2) is 4.77. The Balaban J connectivity index is 1.70. The summed E-state index contributed by atoms with van der Waals surface area (Å²) in [5.41, 5.74) is 6.91. The van der Waals surface area contributed by atoms with Crippen LogP contribution < -0.4 is 5.73 Å². The largest absolute Gasteiger partial charge is 0.387 e. The topological polar surface area (TPSA) is 79.5 Å². The van der Waals surface area contributed by atoms with Gasteiger partial charge in [-0.15, -0.1) is 11.8 Å². The van der Waals surface area contributed by atoms with Gasteiger partial charge in [-0.2, -0.15) is 0 Å². The molecule has 2 fully saturated rings. The number of hydrogen-bond acceptors (Lipinski definition) is 5. The van der Waals surface area contributed by atoms with Crippen molar-refractivity contribution in [1.82, 2.24) is 9.88 Å². The number of rotatable bonds is 3. The number of thioether (sulfide) groups is 1. The highest BCUT2D eigenvalue weighted by Gasteiger charge is 2.63. The van der Waals surface area contributed by atoms with E-state index >= 15 is 0 Å². The molecule has 0 aliphatic carbocycles. The van der Waals surface area contributed by atoms with Gasteiger partial charge in [0.05, 0.1) is 11.4 Å². The number of carbonyl (C=O) groups is 1. The Bertz CT molecular complexity index is 478. The minimum Gasteiger partial charge on any atom is -0.387 e. The summed E-state index contributed by atoms with van der Waals surface area (Å²) in [7, 11) is 0. The van der Waals surface area contributed by atoms with Crippen molar-refractivity contribution in [3.8, 4) is 0 Å². The Kier molecular flexibility index (Phi) is 3.24. The second-order valence-electron chi connectivity index (χ2n) is 5.06. The zero-order chi connectivity index (χ0) is 13.5. The molecule has 2 aliphatic heterocycles. The van der Waals surface area contributed by atoms with E-state index < -0.39 is 11.0 Å².